The van der Waals surface area contributed by atoms with E-state index in [-0.39, 0.29) is 5.54 Å². The first-order valence-corrected chi connectivity index (χ1v) is 7.07. The Hall–Kier alpha value is -2.14. The minimum absolute atomic E-state index is 0.0217. The summed E-state index contributed by atoms with van der Waals surface area (Å²) in [7, 11) is 4.16. The number of hydrogen-bond acceptors (Lipinski definition) is 4. The maximum absolute atomic E-state index is 6.16. The Balaban J connectivity index is 2.27. The summed E-state index contributed by atoms with van der Waals surface area (Å²) in [5, 5.41) is 1.09. The molecule has 1 aromatic carbocycles. The van der Waals surface area contributed by atoms with Gasteiger partial charge < -0.3 is 15.2 Å². The number of pyridine rings is 1. The summed E-state index contributed by atoms with van der Waals surface area (Å²) >= 11 is 0. The van der Waals surface area contributed by atoms with E-state index in [1.807, 2.05) is 18.2 Å². The standard InChI is InChI=1S/C16H21N5/c1-16(2,20(3)4)10-21-14-11-7-5-6-8-12(11)18-9-13(14)19-15(21)17/h5-9H,10H2,1-4H3,(H2,17,19). The molecular weight excluding hydrogens is 262 g/mol. The predicted molar refractivity (Wildman–Crippen MR) is 87.2 cm³/mol. The molecule has 0 spiro atoms. The number of para-hydroxylation sites is 1. The highest BCUT2D eigenvalue weighted by Crippen LogP contribution is 2.27. The Morgan fingerprint density at radius 3 is 2.62 bits per heavy atom. The Morgan fingerprint density at radius 1 is 1.19 bits per heavy atom. The quantitative estimate of drug-likeness (QED) is 0.802. The molecule has 2 heterocycles. The third-order valence-corrected chi connectivity index (χ3v) is 4.26. The van der Waals surface area contributed by atoms with Gasteiger partial charge in [0.05, 0.1) is 17.2 Å². The average Bonchev–Trinajstić information content (AvgIpc) is 2.75. The van der Waals surface area contributed by atoms with Crippen molar-refractivity contribution in [1.82, 2.24) is 19.4 Å². The first-order chi connectivity index (χ1) is 9.90. The van der Waals surface area contributed by atoms with Crippen LogP contribution in [0.4, 0.5) is 5.95 Å². The molecule has 110 valence electrons. The smallest absolute Gasteiger partial charge is 0.201 e. The Bertz CT molecular complexity index is 801. The molecule has 0 atom stereocenters. The topological polar surface area (TPSA) is 60.0 Å². The molecule has 0 bridgehead atoms. The van der Waals surface area contributed by atoms with Crippen molar-refractivity contribution in [2.45, 2.75) is 25.9 Å². The van der Waals surface area contributed by atoms with E-state index in [1.54, 1.807) is 6.20 Å². The van der Waals surface area contributed by atoms with Crippen molar-refractivity contribution in [2.75, 3.05) is 19.8 Å². The van der Waals surface area contributed by atoms with E-state index in [0.29, 0.717) is 5.95 Å². The van der Waals surface area contributed by atoms with Crippen molar-refractivity contribution in [3.63, 3.8) is 0 Å². The highest BCUT2D eigenvalue weighted by molar-refractivity contribution is 6.02. The number of likely N-dealkylation sites (N-methyl/N-ethyl adjacent to an activating group) is 1. The van der Waals surface area contributed by atoms with Crippen molar-refractivity contribution in [1.29, 1.82) is 0 Å². The van der Waals surface area contributed by atoms with E-state index in [4.69, 9.17) is 5.73 Å². The zero-order valence-corrected chi connectivity index (χ0v) is 13.0. The van der Waals surface area contributed by atoms with Gasteiger partial charge in [-0.3, -0.25) is 4.98 Å². The summed E-state index contributed by atoms with van der Waals surface area (Å²) in [6.07, 6.45) is 1.80. The predicted octanol–water partition coefficient (Wildman–Crippen LogP) is 2.51. The van der Waals surface area contributed by atoms with Gasteiger partial charge in [0.2, 0.25) is 5.95 Å². The summed E-state index contributed by atoms with van der Waals surface area (Å²) < 4.78 is 2.10. The molecule has 3 rings (SSSR count). The summed E-state index contributed by atoms with van der Waals surface area (Å²) in [5.41, 5.74) is 9.01. The van der Waals surface area contributed by atoms with Crippen LogP contribution in [0, 0.1) is 0 Å². The summed E-state index contributed by atoms with van der Waals surface area (Å²) in [4.78, 5) is 11.1. The van der Waals surface area contributed by atoms with Crippen LogP contribution < -0.4 is 5.73 Å². The Kier molecular flexibility index (Phi) is 3.10. The summed E-state index contributed by atoms with van der Waals surface area (Å²) in [6.45, 7) is 5.17. The normalized spacial score (nSPS) is 12.6. The molecular formula is C16H21N5. The van der Waals surface area contributed by atoms with Gasteiger partial charge in [0.25, 0.3) is 0 Å². The molecule has 5 nitrogen and oxygen atoms in total. The third-order valence-electron chi connectivity index (χ3n) is 4.26. The van der Waals surface area contributed by atoms with Gasteiger partial charge in [-0.1, -0.05) is 18.2 Å². The van der Waals surface area contributed by atoms with Gasteiger partial charge in [-0.05, 0) is 34.0 Å². The van der Waals surface area contributed by atoms with E-state index < -0.39 is 0 Å². The number of imidazole rings is 1. The highest BCUT2D eigenvalue weighted by atomic mass is 15.2. The average molecular weight is 283 g/mol. The minimum Gasteiger partial charge on any atom is -0.369 e. The van der Waals surface area contributed by atoms with Crippen molar-refractivity contribution in [3.8, 4) is 0 Å². The molecule has 2 N–H and O–H groups in total. The van der Waals surface area contributed by atoms with E-state index in [9.17, 15) is 0 Å². The first kappa shape index (κ1) is 13.8. The van der Waals surface area contributed by atoms with E-state index in [2.05, 4.69) is 53.4 Å². The lowest BCUT2D eigenvalue weighted by Gasteiger charge is -2.33. The second-order valence-corrected chi connectivity index (χ2v) is 6.27. The van der Waals surface area contributed by atoms with Crippen LogP contribution in [0.5, 0.6) is 0 Å². The Labute approximate surface area is 124 Å². The van der Waals surface area contributed by atoms with Crippen molar-refractivity contribution >= 4 is 27.9 Å². The molecule has 5 heteroatoms. The fourth-order valence-electron chi connectivity index (χ4n) is 2.47. The third kappa shape index (κ3) is 2.23. The van der Waals surface area contributed by atoms with Crippen LogP contribution in [0.25, 0.3) is 21.9 Å². The molecule has 0 saturated heterocycles. The number of nitrogen functional groups attached to an aromatic ring is 1. The van der Waals surface area contributed by atoms with Crippen LogP contribution in [0.15, 0.2) is 30.5 Å². The van der Waals surface area contributed by atoms with E-state index in [1.165, 1.54) is 0 Å². The maximum Gasteiger partial charge on any atom is 0.201 e. The second kappa shape index (κ2) is 4.70. The van der Waals surface area contributed by atoms with Gasteiger partial charge in [0.15, 0.2) is 0 Å². The SMILES string of the molecule is CN(C)C(C)(C)Cn1c(N)nc2cnc3ccccc3c21. The van der Waals surface area contributed by atoms with Crippen molar-refractivity contribution in [2.24, 2.45) is 0 Å². The molecule has 0 aliphatic heterocycles. The number of nitrogens with two attached hydrogens (primary N) is 1. The van der Waals surface area contributed by atoms with Gasteiger partial charge >= 0.3 is 0 Å². The maximum atomic E-state index is 6.16. The lowest BCUT2D eigenvalue weighted by Crippen LogP contribution is -2.42. The van der Waals surface area contributed by atoms with Gasteiger partial charge in [-0.2, -0.15) is 0 Å². The largest absolute Gasteiger partial charge is 0.369 e. The van der Waals surface area contributed by atoms with Crippen LogP contribution in [0.1, 0.15) is 13.8 Å². The molecule has 2 aromatic heterocycles. The number of benzene rings is 1. The lowest BCUT2D eigenvalue weighted by atomic mass is 10.0. The van der Waals surface area contributed by atoms with Crippen molar-refractivity contribution in [3.05, 3.63) is 30.5 Å². The molecule has 0 fully saturated rings. The first-order valence-electron chi connectivity index (χ1n) is 7.07. The van der Waals surface area contributed by atoms with Crippen LogP contribution in [-0.4, -0.2) is 39.1 Å². The Morgan fingerprint density at radius 2 is 1.90 bits per heavy atom. The molecule has 0 saturated carbocycles. The molecule has 0 aliphatic rings. The monoisotopic (exact) mass is 283 g/mol. The van der Waals surface area contributed by atoms with Crippen LogP contribution in [0.3, 0.4) is 0 Å². The fourth-order valence-corrected chi connectivity index (χ4v) is 2.47. The van der Waals surface area contributed by atoms with Gasteiger partial charge in [-0.25, -0.2) is 4.98 Å². The van der Waals surface area contributed by atoms with Crippen molar-refractivity contribution < 1.29 is 0 Å². The van der Waals surface area contributed by atoms with E-state index in [0.717, 1.165) is 28.5 Å². The van der Waals surface area contributed by atoms with Gasteiger partial charge in [0, 0.05) is 17.5 Å². The zero-order valence-electron chi connectivity index (χ0n) is 13.0. The van der Waals surface area contributed by atoms with E-state index >= 15 is 0 Å². The number of anilines is 1. The number of aromatic nitrogens is 3. The number of rotatable bonds is 3. The summed E-state index contributed by atoms with van der Waals surface area (Å²) in [6, 6.07) is 8.10. The molecule has 0 radical (unpaired) electrons. The number of hydrogen-bond donors (Lipinski definition) is 1. The molecule has 0 amide bonds. The lowest BCUT2D eigenvalue weighted by molar-refractivity contribution is 0.172. The van der Waals surface area contributed by atoms with Crippen LogP contribution >= 0.6 is 0 Å². The van der Waals surface area contributed by atoms with Crippen LogP contribution in [0.2, 0.25) is 0 Å². The molecule has 0 aliphatic carbocycles. The highest BCUT2D eigenvalue weighted by Gasteiger charge is 2.24. The number of fused-ring (bicyclic) bond motifs is 3. The van der Waals surface area contributed by atoms with Gasteiger partial charge in [0.1, 0.15) is 5.52 Å². The number of nitrogens with zero attached hydrogens (tertiary/aromatic N) is 4. The van der Waals surface area contributed by atoms with Gasteiger partial charge in [-0.15, -0.1) is 0 Å². The van der Waals surface area contributed by atoms with Crippen LogP contribution in [-0.2, 0) is 6.54 Å². The second-order valence-electron chi connectivity index (χ2n) is 6.27. The minimum atomic E-state index is -0.0217. The molecule has 3 aromatic rings. The zero-order chi connectivity index (χ0) is 15.2. The molecule has 21 heavy (non-hydrogen) atoms. The fraction of sp³-hybridized carbons (Fsp3) is 0.375. The summed E-state index contributed by atoms with van der Waals surface area (Å²) in [5.74, 6) is 0.540. The molecule has 0 unspecified atom stereocenters.